The number of para-hydroxylation sites is 2. The lowest BCUT2D eigenvalue weighted by atomic mass is 10.1. The summed E-state index contributed by atoms with van der Waals surface area (Å²) in [6, 6.07) is 17.0. The van der Waals surface area contributed by atoms with Crippen molar-refractivity contribution in [2.45, 2.75) is 13.3 Å². The number of rotatable bonds is 6. The first kappa shape index (κ1) is 16.8. The zero-order valence-corrected chi connectivity index (χ0v) is 14.0. The van der Waals surface area contributed by atoms with E-state index in [0.29, 0.717) is 24.3 Å². The molecule has 1 amide bonds. The molecule has 0 bridgehead atoms. The topological polar surface area (TPSA) is 71.2 Å². The summed E-state index contributed by atoms with van der Waals surface area (Å²) >= 11 is 0. The van der Waals surface area contributed by atoms with Crippen molar-refractivity contribution < 1.29 is 9.53 Å². The maximum Gasteiger partial charge on any atom is 0.257 e. The van der Waals surface area contributed by atoms with E-state index in [0.717, 1.165) is 16.5 Å². The minimum atomic E-state index is -0.208. The summed E-state index contributed by atoms with van der Waals surface area (Å²) in [5, 5.41) is 3.76. The van der Waals surface area contributed by atoms with Gasteiger partial charge in [0.15, 0.2) is 6.61 Å². The van der Waals surface area contributed by atoms with Gasteiger partial charge in [0.1, 0.15) is 5.75 Å². The fraction of sp³-hybridized carbons (Fsp3) is 0.200. The van der Waals surface area contributed by atoms with Gasteiger partial charge in [-0.05, 0) is 42.5 Å². The van der Waals surface area contributed by atoms with Gasteiger partial charge in [0, 0.05) is 17.6 Å². The Bertz CT molecular complexity index is 947. The van der Waals surface area contributed by atoms with Crippen LogP contribution in [0, 0.1) is 6.92 Å². The fourth-order valence-electron chi connectivity index (χ4n) is 2.63. The van der Waals surface area contributed by atoms with Gasteiger partial charge in [-0.3, -0.25) is 9.59 Å². The molecule has 3 rings (SSSR count). The molecule has 0 unspecified atom stereocenters. The molecule has 0 aliphatic carbocycles. The lowest BCUT2D eigenvalue weighted by Crippen LogP contribution is -2.31. The van der Waals surface area contributed by atoms with Gasteiger partial charge < -0.3 is 15.0 Å². The van der Waals surface area contributed by atoms with Crippen LogP contribution >= 0.6 is 0 Å². The number of aromatic amines is 1. The lowest BCUT2D eigenvalue weighted by molar-refractivity contribution is -0.123. The molecule has 3 aromatic rings. The number of pyridine rings is 1. The van der Waals surface area contributed by atoms with E-state index in [1.165, 1.54) is 0 Å². The zero-order valence-electron chi connectivity index (χ0n) is 14.0. The molecule has 0 saturated heterocycles. The molecule has 0 aliphatic rings. The smallest absolute Gasteiger partial charge is 0.257 e. The Morgan fingerprint density at radius 3 is 2.72 bits per heavy atom. The first-order valence-electron chi connectivity index (χ1n) is 8.19. The highest BCUT2D eigenvalue weighted by Gasteiger charge is 2.06. The van der Waals surface area contributed by atoms with Crippen molar-refractivity contribution >= 4 is 16.8 Å². The number of ether oxygens (including phenoxy) is 1. The number of carbonyl (C=O) groups excluding carboxylic acids is 1. The number of H-pyrrole nitrogens is 1. The SMILES string of the molecule is Cc1ccccc1OCC(=O)NCCc1cc2ccccc2[nH]c1=O. The molecule has 5 nitrogen and oxygen atoms in total. The number of nitrogens with one attached hydrogen (secondary N) is 2. The average Bonchev–Trinajstić information content (AvgIpc) is 2.61. The van der Waals surface area contributed by atoms with E-state index in [9.17, 15) is 9.59 Å². The number of benzene rings is 2. The van der Waals surface area contributed by atoms with E-state index in [4.69, 9.17) is 4.74 Å². The van der Waals surface area contributed by atoms with Crippen molar-refractivity contribution in [2.24, 2.45) is 0 Å². The average molecular weight is 336 g/mol. The highest BCUT2D eigenvalue weighted by Crippen LogP contribution is 2.15. The molecule has 0 aliphatic heterocycles. The summed E-state index contributed by atoms with van der Waals surface area (Å²) in [4.78, 5) is 26.8. The van der Waals surface area contributed by atoms with Crippen LogP contribution in [0.25, 0.3) is 10.9 Å². The van der Waals surface area contributed by atoms with Crippen LogP contribution < -0.4 is 15.6 Å². The number of carbonyl (C=O) groups is 1. The maximum atomic E-state index is 12.1. The van der Waals surface area contributed by atoms with Crippen molar-refractivity contribution in [3.63, 3.8) is 0 Å². The van der Waals surface area contributed by atoms with E-state index in [1.807, 2.05) is 61.5 Å². The number of aromatic nitrogens is 1. The van der Waals surface area contributed by atoms with Crippen LogP contribution in [0.2, 0.25) is 0 Å². The molecule has 128 valence electrons. The summed E-state index contributed by atoms with van der Waals surface area (Å²) in [6.45, 7) is 2.27. The third-order valence-electron chi connectivity index (χ3n) is 4.00. The molecule has 1 heterocycles. The third-order valence-corrected chi connectivity index (χ3v) is 4.00. The van der Waals surface area contributed by atoms with Gasteiger partial charge in [-0.2, -0.15) is 0 Å². The third kappa shape index (κ3) is 4.26. The maximum absolute atomic E-state index is 12.1. The fourth-order valence-corrected chi connectivity index (χ4v) is 2.63. The van der Waals surface area contributed by atoms with E-state index < -0.39 is 0 Å². The van der Waals surface area contributed by atoms with Gasteiger partial charge in [-0.15, -0.1) is 0 Å². The molecular weight excluding hydrogens is 316 g/mol. The van der Waals surface area contributed by atoms with Gasteiger partial charge in [0.2, 0.25) is 0 Å². The summed E-state index contributed by atoms with van der Waals surface area (Å²) in [5.41, 5.74) is 2.33. The number of hydrogen-bond donors (Lipinski definition) is 2. The van der Waals surface area contributed by atoms with Crippen LogP contribution in [0.5, 0.6) is 5.75 Å². The lowest BCUT2D eigenvalue weighted by Gasteiger charge is -2.09. The minimum absolute atomic E-state index is 0.0427. The molecule has 25 heavy (non-hydrogen) atoms. The highest BCUT2D eigenvalue weighted by molar-refractivity contribution is 5.79. The molecule has 2 N–H and O–H groups in total. The van der Waals surface area contributed by atoms with Crippen molar-refractivity contribution in [3.8, 4) is 5.75 Å². The summed E-state index contributed by atoms with van der Waals surface area (Å²) in [6.07, 6.45) is 0.469. The van der Waals surface area contributed by atoms with Crippen LogP contribution in [0.15, 0.2) is 59.4 Å². The number of fused-ring (bicyclic) bond motifs is 1. The van der Waals surface area contributed by atoms with E-state index in [-0.39, 0.29) is 18.1 Å². The molecule has 5 heteroatoms. The first-order chi connectivity index (χ1) is 12.1. The van der Waals surface area contributed by atoms with Crippen molar-refractivity contribution in [3.05, 3.63) is 76.1 Å². The van der Waals surface area contributed by atoms with Crippen LogP contribution in [-0.4, -0.2) is 24.0 Å². The molecule has 0 atom stereocenters. The number of amides is 1. The molecule has 2 aromatic carbocycles. The van der Waals surface area contributed by atoms with Crippen molar-refractivity contribution in [1.29, 1.82) is 0 Å². The Kier molecular flexibility index (Phi) is 5.14. The number of hydrogen-bond acceptors (Lipinski definition) is 3. The summed E-state index contributed by atoms with van der Waals surface area (Å²) < 4.78 is 5.50. The predicted octanol–water partition coefficient (Wildman–Crippen LogP) is 2.57. The number of aryl methyl sites for hydroxylation is 1. The summed E-state index contributed by atoms with van der Waals surface area (Å²) in [5.74, 6) is 0.490. The monoisotopic (exact) mass is 336 g/mol. The van der Waals surface area contributed by atoms with E-state index >= 15 is 0 Å². The van der Waals surface area contributed by atoms with Gasteiger partial charge in [-0.1, -0.05) is 36.4 Å². The molecule has 0 fully saturated rings. The Labute approximate surface area is 145 Å². The second-order valence-electron chi connectivity index (χ2n) is 5.87. The van der Waals surface area contributed by atoms with Gasteiger partial charge in [0.25, 0.3) is 11.5 Å². The Morgan fingerprint density at radius 1 is 1.12 bits per heavy atom. The quantitative estimate of drug-likeness (QED) is 0.727. The second kappa shape index (κ2) is 7.66. The Morgan fingerprint density at radius 2 is 1.88 bits per heavy atom. The van der Waals surface area contributed by atoms with Crippen molar-refractivity contribution in [2.75, 3.05) is 13.2 Å². The van der Waals surface area contributed by atoms with Gasteiger partial charge >= 0.3 is 0 Å². The van der Waals surface area contributed by atoms with Crippen LogP contribution in [-0.2, 0) is 11.2 Å². The standard InChI is InChI=1S/C20H20N2O3/c1-14-6-2-5-9-18(14)25-13-19(23)21-11-10-16-12-15-7-3-4-8-17(15)22-20(16)24/h2-9,12H,10-11,13H2,1H3,(H,21,23)(H,22,24). The minimum Gasteiger partial charge on any atom is -0.484 e. The van der Waals surface area contributed by atoms with E-state index in [2.05, 4.69) is 10.3 Å². The zero-order chi connectivity index (χ0) is 17.6. The molecular formula is C20H20N2O3. The van der Waals surface area contributed by atoms with Crippen LogP contribution in [0.1, 0.15) is 11.1 Å². The molecule has 1 aromatic heterocycles. The summed E-state index contributed by atoms with van der Waals surface area (Å²) in [7, 11) is 0. The first-order valence-corrected chi connectivity index (χ1v) is 8.19. The highest BCUT2D eigenvalue weighted by atomic mass is 16.5. The van der Waals surface area contributed by atoms with Crippen LogP contribution in [0.4, 0.5) is 0 Å². The molecule has 0 radical (unpaired) electrons. The molecule has 0 spiro atoms. The molecule has 0 saturated carbocycles. The van der Waals surface area contributed by atoms with Gasteiger partial charge in [0.05, 0.1) is 0 Å². The predicted molar refractivity (Wildman–Crippen MR) is 98.0 cm³/mol. The largest absolute Gasteiger partial charge is 0.484 e. The van der Waals surface area contributed by atoms with E-state index in [1.54, 1.807) is 0 Å². The normalized spacial score (nSPS) is 10.6. The van der Waals surface area contributed by atoms with Gasteiger partial charge in [-0.25, -0.2) is 0 Å². The Hall–Kier alpha value is -3.08. The Balaban J connectivity index is 1.52. The van der Waals surface area contributed by atoms with Crippen LogP contribution in [0.3, 0.4) is 0 Å². The second-order valence-corrected chi connectivity index (χ2v) is 5.87. The van der Waals surface area contributed by atoms with Crippen molar-refractivity contribution in [1.82, 2.24) is 10.3 Å².